The molecule has 5 nitrogen and oxygen atoms in total. The second kappa shape index (κ2) is 7.49. The minimum atomic E-state index is 0.555. The third-order valence-electron chi connectivity index (χ3n) is 3.72. The smallest absolute Gasteiger partial charge is 0.191 e. The van der Waals surface area contributed by atoms with E-state index in [1.807, 2.05) is 12.1 Å². The average molecular weight is 341 g/mol. The van der Waals surface area contributed by atoms with E-state index in [1.165, 1.54) is 15.4 Å². The summed E-state index contributed by atoms with van der Waals surface area (Å²) >= 11 is 1.81. The van der Waals surface area contributed by atoms with Crippen molar-refractivity contribution >= 4 is 22.9 Å². The first-order chi connectivity index (χ1) is 11.7. The molecule has 0 fully saturated rings. The summed E-state index contributed by atoms with van der Waals surface area (Å²) in [6, 6.07) is 10.4. The highest BCUT2D eigenvalue weighted by Crippen LogP contribution is 2.14. The third kappa shape index (κ3) is 3.94. The number of nitrogens with zero attached hydrogens (tertiary/aromatic N) is 3. The molecule has 0 spiro atoms. The van der Waals surface area contributed by atoms with E-state index in [2.05, 4.69) is 70.2 Å². The van der Waals surface area contributed by atoms with Crippen LogP contribution < -0.4 is 10.6 Å². The van der Waals surface area contributed by atoms with Crippen LogP contribution in [-0.2, 0) is 13.1 Å². The number of aryl methyl sites for hydroxylation is 2. The Hall–Kier alpha value is -2.34. The Morgan fingerprint density at radius 2 is 2.08 bits per heavy atom. The van der Waals surface area contributed by atoms with Gasteiger partial charge in [0.25, 0.3) is 0 Å². The highest BCUT2D eigenvalue weighted by molar-refractivity contribution is 7.11. The van der Waals surface area contributed by atoms with Gasteiger partial charge in [0, 0.05) is 28.2 Å². The number of imidazole rings is 1. The van der Waals surface area contributed by atoms with E-state index >= 15 is 0 Å². The van der Waals surface area contributed by atoms with E-state index in [4.69, 9.17) is 0 Å². The molecule has 0 aliphatic heterocycles. The van der Waals surface area contributed by atoms with Crippen molar-refractivity contribution in [2.75, 3.05) is 6.54 Å². The predicted octanol–water partition coefficient (Wildman–Crippen LogP) is 3.27. The van der Waals surface area contributed by atoms with Gasteiger partial charge in [0.15, 0.2) is 5.96 Å². The Bertz CT molecular complexity index is 846. The van der Waals surface area contributed by atoms with Crippen molar-refractivity contribution in [2.24, 2.45) is 4.99 Å². The van der Waals surface area contributed by atoms with Gasteiger partial charge in [0.2, 0.25) is 0 Å². The molecule has 2 N–H and O–H groups in total. The molecule has 3 aromatic heterocycles. The average Bonchev–Trinajstić information content (AvgIpc) is 3.17. The van der Waals surface area contributed by atoms with Crippen LogP contribution in [0.5, 0.6) is 0 Å². The maximum absolute atomic E-state index is 4.65. The van der Waals surface area contributed by atoms with Crippen LogP contribution in [0, 0.1) is 13.8 Å². The van der Waals surface area contributed by atoms with Crippen LogP contribution in [0.15, 0.2) is 41.5 Å². The second-order valence-corrected chi connectivity index (χ2v) is 7.06. The van der Waals surface area contributed by atoms with E-state index in [0.717, 1.165) is 30.4 Å². The van der Waals surface area contributed by atoms with Gasteiger partial charge in [-0.25, -0.2) is 9.98 Å². The van der Waals surface area contributed by atoms with E-state index in [0.29, 0.717) is 6.54 Å². The van der Waals surface area contributed by atoms with Gasteiger partial charge in [0.1, 0.15) is 5.65 Å². The largest absolute Gasteiger partial charge is 0.357 e. The number of thiophene rings is 1. The van der Waals surface area contributed by atoms with Gasteiger partial charge >= 0.3 is 0 Å². The van der Waals surface area contributed by atoms with Crippen molar-refractivity contribution in [3.05, 3.63) is 57.7 Å². The summed E-state index contributed by atoms with van der Waals surface area (Å²) in [6.07, 6.45) is 2.06. The van der Waals surface area contributed by atoms with Gasteiger partial charge in [-0.3, -0.25) is 0 Å². The second-order valence-electron chi connectivity index (χ2n) is 5.69. The lowest BCUT2D eigenvalue weighted by Crippen LogP contribution is -2.36. The van der Waals surface area contributed by atoms with E-state index < -0.39 is 0 Å². The SMILES string of the molecule is CCNC(=NCc1cn2c(C)cccc2n1)NCc1ccc(C)s1. The lowest BCUT2D eigenvalue weighted by Gasteiger charge is -2.09. The molecule has 0 radical (unpaired) electrons. The van der Waals surface area contributed by atoms with Crippen LogP contribution in [-0.4, -0.2) is 21.9 Å². The molecule has 6 heteroatoms. The molecule has 24 heavy (non-hydrogen) atoms. The number of pyridine rings is 1. The molecule has 0 saturated heterocycles. The van der Waals surface area contributed by atoms with Crippen LogP contribution in [0.4, 0.5) is 0 Å². The Morgan fingerprint density at radius 3 is 2.79 bits per heavy atom. The number of aromatic nitrogens is 2. The van der Waals surface area contributed by atoms with Gasteiger partial charge in [-0.2, -0.15) is 0 Å². The predicted molar refractivity (Wildman–Crippen MR) is 101 cm³/mol. The molecule has 3 rings (SSSR count). The molecule has 3 aromatic rings. The fourth-order valence-corrected chi connectivity index (χ4v) is 3.36. The summed E-state index contributed by atoms with van der Waals surface area (Å²) in [5.41, 5.74) is 3.11. The summed E-state index contributed by atoms with van der Waals surface area (Å²) in [4.78, 5) is 11.9. The zero-order valence-electron chi connectivity index (χ0n) is 14.3. The Kier molecular flexibility index (Phi) is 5.15. The fraction of sp³-hybridized carbons (Fsp3) is 0.333. The Balaban J connectivity index is 1.68. The molecule has 0 aliphatic rings. The number of hydrogen-bond donors (Lipinski definition) is 2. The quantitative estimate of drug-likeness (QED) is 0.553. The maximum Gasteiger partial charge on any atom is 0.191 e. The van der Waals surface area contributed by atoms with Crippen LogP contribution in [0.25, 0.3) is 5.65 Å². The number of guanidine groups is 1. The Morgan fingerprint density at radius 1 is 1.21 bits per heavy atom. The summed E-state index contributed by atoms with van der Waals surface area (Å²) < 4.78 is 2.10. The zero-order valence-corrected chi connectivity index (χ0v) is 15.2. The first-order valence-corrected chi connectivity index (χ1v) is 8.98. The van der Waals surface area contributed by atoms with Gasteiger partial charge in [0.05, 0.1) is 18.8 Å². The molecule has 3 heterocycles. The molecule has 0 saturated carbocycles. The first-order valence-electron chi connectivity index (χ1n) is 8.17. The van der Waals surface area contributed by atoms with Crippen LogP contribution in [0.2, 0.25) is 0 Å². The first kappa shape index (κ1) is 16.5. The van der Waals surface area contributed by atoms with E-state index in [1.54, 1.807) is 11.3 Å². The number of rotatable bonds is 5. The molecule has 126 valence electrons. The van der Waals surface area contributed by atoms with Crippen molar-refractivity contribution in [1.29, 1.82) is 0 Å². The van der Waals surface area contributed by atoms with Crippen molar-refractivity contribution in [1.82, 2.24) is 20.0 Å². The molecular formula is C18H23N5S. The Labute approximate surface area is 146 Å². The zero-order chi connectivity index (χ0) is 16.9. The van der Waals surface area contributed by atoms with Crippen molar-refractivity contribution in [3.63, 3.8) is 0 Å². The number of nitrogens with one attached hydrogen (secondary N) is 2. The fourth-order valence-electron chi connectivity index (χ4n) is 2.53. The summed E-state index contributed by atoms with van der Waals surface area (Å²) in [5.74, 6) is 0.817. The normalized spacial score (nSPS) is 11.9. The molecule has 0 atom stereocenters. The topological polar surface area (TPSA) is 53.7 Å². The number of hydrogen-bond acceptors (Lipinski definition) is 3. The lowest BCUT2D eigenvalue weighted by molar-refractivity contribution is 0.820. The van der Waals surface area contributed by atoms with Crippen LogP contribution in [0.1, 0.15) is 28.1 Å². The highest BCUT2D eigenvalue weighted by Gasteiger charge is 2.04. The van der Waals surface area contributed by atoms with Crippen molar-refractivity contribution < 1.29 is 0 Å². The minimum Gasteiger partial charge on any atom is -0.357 e. The maximum atomic E-state index is 4.65. The van der Waals surface area contributed by atoms with Gasteiger partial charge in [-0.05, 0) is 45.0 Å². The van der Waals surface area contributed by atoms with E-state index in [-0.39, 0.29) is 0 Å². The van der Waals surface area contributed by atoms with Crippen molar-refractivity contribution in [3.8, 4) is 0 Å². The monoisotopic (exact) mass is 341 g/mol. The van der Waals surface area contributed by atoms with Crippen LogP contribution >= 0.6 is 11.3 Å². The van der Waals surface area contributed by atoms with Crippen molar-refractivity contribution in [2.45, 2.75) is 33.9 Å². The van der Waals surface area contributed by atoms with E-state index in [9.17, 15) is 0 Å². The molecule has 0 amide bonds. The van der Waals surface area contributed by atoms with Gasteiger partial charge in [-0.15, -0.1) is 11.3 Å². The third-order valence-corrected chi connectivity index (χ3v) is 4.72. The molecule has 0 aromatic carbocycles. The molecule has 0 bridgehead atoms. The summed E-state index contributed by atoms with van der Waals surface area (Å²) in [7, 11) is 0. The summed E-state index contributed by atoms with van der Waals surface area (Å²) in [5, 5.41) is 6.66. The standard InChI is InChI=1S/C18H23N5S/c1-4-19-18(21-11-16-9-8-14(3)24-16)20-10-15-12-23-13(2)6-5-7-17(23)22-15/h5-9,12H,4,10-11H2,1-3H3,(H2,19,20,21). The molecule has 0 aliphatic carbocycles. The van der Waals surface area contributed by atoms with Gasteiger partial charge in [-0.1, -0.05) is 6.07 Å². The van der Waals surface area contributed by atoms with Gasteiger partial charge < -0.3 is 15.0 Å². The lowest BCUT2D eigenvalue weighted by atomic mass is 10.4. The summed E-state index contributed by atoms with van der Waals surface area (Å²) in [6.45, 7) is 8.45. The highest BCUT2D eigenvalue weighted by atomic mass is 32.1. The number of fused-ring (bicyclic) bond motifs is 1. The number of aliphatic imine (C=N–C) groups is 1. The minimum absolute atomic E-state index is 0.555. The van der Waals surface area contributed by atoms with Crippen LogP contribution in [0.3, 0.4) is 0 Å². The molecular weight excluding hydrogens is 318 g/mol. The molecule has 0 unspecified atom stereocenters.